The second kappa shape index (κ2) is 5.56. The van der Waals surface area contributed by atoms with Crippen molar-refractivity contribution in [2.24, 2.45) is 0 Å². The fourth-order valence-electron chi connectivity index (χ4n) is 2.79. The molecule has 0 fully saturated rings. The van der Waals surface area contributed by atoms with Gasteiger partial charge in [0.1, 0.15) is 5.82 Å². The number of anilines is 1. The van der Waals surface area contributed by atoms with Crippen LogP contribution in [0.5, 0.6) is 0 Å². The first-order valence-electron chi connectivity index (χ1n) is 7.00. The number of rotatable bonds is 3. The van der Waals surface area contributed by atoms with Crippen LogP contribution in [0.2, 0.25) is 0 Å². The molecule has 108 valence electrons. The molecule has 0 saturated carbocycles. The van der Waals surface area contributed by atoms with E-state index < -0.39 is 11.8 Å². The number of nitrogens with zero attached hydrogens (tertiary/aromatic N) is 1. The Labute approximate surface area is 122 Å². The van der Waals surface area contributed by atoms with Crippen molar-refractivity contribution in [1.29, 1.82) is 0 Å². The van der Waals surface area contributed by atoms with E-state index in [2.05, 4.69) is 17.0 Å². The number of para-hydroxylation sites is 1. The summed E-state index contributed by atoms with van der Waals surface area (Å²) in [5, 5.41) is 8.87. The van der Waals surface area contributed by atoms with Crippen LogP contribution in [0.15, 0.2) is 42.5 Å². The molecule has 1 aliphatic heterocycles. The fraction of sp³-hybridized carbons (Fsp3) is 0.235. The van der Waals surface area contributed by atoms with E-state index in [1.165, 1.54) is 11.6 Å². The van der Waals surface area contributed by atoms with Gasteiger partial charge in [-0.15, -0.1) is 0 Å². The third-order valence-electron chi connectivity index (χ3n) is 3.87. The maximum absolute atomic E-state index is 14.1. The van der Waals surface area contributed by atoms with E-state index in [9.17, 15) is 9.18 Å². The normalized spacial score (nSPS) is 13.9. The Morgan fingerprint density at radius 3 is 2.81 bits per heavy atom. The van der Waals surface area contributed by atoms with Crippen LogP contribution in [0, 0.1) is 5.82 Å². The number of benzene rings is 2. The summed E-state index contributed by atoms with van der Waals surface area (Å²) in [5.74, 6) is -1.57. The molecule has 0 saturated heterocycles. The molecular weight excluding hydrogens is 269 g/mol. The highest BCUT2D eigenvalue weighted by atomic mass is 19.1. The molecule has 3 nitrogen and oxygen atoms in total. The predicted octanol–water partition coefficient (Wildman–Crippen LogP) is 3.48. The fourth-order valence-corrected chi connectivity index (χ4v) is 2.79. The van der Waals surface area contributed by atoms with Crippen LogP contribution in [0.25, 0.3) is 0 Å². The average Bonchev–Trinajstić information content (AvgIpc) is 2.49. The summed E-state index contributed by atoms with van der Waals surface area (Å²) >= 11 is 0. The largest absolute Gasteiger partial charge is 0.478 e. The molecule has 0 aromatic heterocycles. The Morgan fingerprint density at radius 1 is 1.24 bits per heavy atom. The number of hydrogen-bond acceptors (Lipinski definition) is 2. The molecule has 0 unspecified atom stereocenters. The van der Waals surface area contributed by atoms with Gasteiger partial charge in [0.15, 0.2) is 0 Å². The predicted molar refractivity (Wildman–Crippen MR) is 79.2 cm³/mol. The van der Waals surface area contributed by atoms with E-state index in [-0.39, 0.29) is 5.56 Å². The van der Waals surface area contributed by atoms with Gasteiger partial charge in [0.2, 0.25) is 0 Å². The van der Waals surface area contributed by atoms with Gasteiger partial charge in [0, 0.05) is 24.3 Å². The van der Waals surface area contributed by atoms with Gasteiger partial charge in [0.05, 0.1) is 5.56 Å². The minimum Gasteiger partial charge on any atom is -0.478 e. The quantitative estimate of drug-likeness (QED) is 0.938. The number of aromatic carboxylic acids is 1. The van der Waals surface area contributed by atoms with Crippen LogP contribution in [-0.4, -0.2) is 17.6 Å². The standard InChI is InChI=1S/C17H16FNO2/c18-15-10-13(17(20)21)7-8-14(15)11-19-9-3-5-12-4-1-2-6-16(12)19/h1-2,4,6-8,10H,3,5,9,11H2,(H,20,21). The Hall–Kier alpha value is -2.36. The molecule has 2 aromatic rings. The van der Waals surface area contributed by atoms with Crippen molar-refractivity contribution < 1.29 is 14.3 Å². The molecular formula is C17H16FNO2. The SMILES string of the molecule is O=C(O)c1ccc(CN2CCCc3ccccc32)c(F)c1. The van der Waals surface area contributed by atoms with Crippen molar-refractivity contribution in [3.63, 3.8) is 0 Å². The molecule has 0 amide bonds. The second-order valence-corrected chi connectivity index (χ2v) is 5.27. The minimum absolute atomic E-state index is 0.0182. The number of hydrogen-bond donors (Lipinski definition) is 1. The van der Waals surface area contributed by atoms with Gasteiger partial charge in [-0.25, -0.2) is 9.18 Å². The molecule has 21 heavy (non-hydrogen) atoms. The highest BCUT2D eigenvalue weighted by molar-refractivity contribution is 5.87. The third-order valence-corrected chi connectivity index (χ3v) is 3.87. The van der Waals surface area contributed by atoms with E-state index in [1.807, 2.05) is 12.1 Å². The second-order valence-electron chi connectivity index (χ2n) is 5.27. The van der Waals surface area contributed by atoms with Crippen molar-refractivity contribution in [3.8, 4) is 0 Å². The molecule has 0 atom stereocenters. The Morgan fingerprint density at radius 2 is 2.05 bits per heavy atom. The van der Waals surface area contributed by atoms with Crippen molar-refractivity contribution in [2.45, 2.75) is 19.4 Å². The van der Waals surface area contributed by atoms with Crippen molar-refractivity contribution in [2.75, 3.05) is 11.4 Å². The molecule has 1 heterocycles. The summed E-state index contributed by atoms with van der Waals surface area (Å²) in [6.45, 7) is 1.35. The van der Waals surface area contributed by atoms with Crippen LogP contribution < -0.4 is 4.90 Å². The van der Waals surface area contributed by atoms with E-state index in [0.717, 1.165) is 31.1 Å². The van der Waals surface area contributed by atoms with Crippen LogP contribution in [0.3, 0.4) is 0 Å². The molecule has 2 aromatic carbocycles. The summed E-state index contributed by atoms with van der Waals surface area (Å²) in [6.07, 6.45) is 2.10. The first-order valence-corrected chi connectivity index (χ1v) is 7.00. The highest BCUT2D eigenvalue weighted by Gasteiger charge is 2.18. The zero-order valence-electron chi connectivity index (χ0n) is 11.6. The van der Waals surface area contributed by atoms with Crippen LogP contribution in [0.4, 0.5) is 10.1 Å². The average molecular weight is 285 g/mol. The summed E-state index contributed by atoms with van der Waals surface area (Å²) in [4.78, 5) is 13.0. The molecule has 1 aliphatic rings. The van der Waals surface area contributed by atoms with E-state index in [0.29, 0.717) is 12.1 Å². The number of carbonyl (C=O) groups is 1. The molecule has 0 aliphatic carbocycles. The lowest BCUT2D eigenvalue weighted by Gasteiger charge is -2.31. The van der Waals surface area contributed by atoms with Crippen molar-refractivity contribution in [1.82, 2.24) is 0 Å². The molecule has 0 bridgehead atoms. The lowest BCUT2D eigenvalue weighted by Crippen LogP contribution is -2.29. The molecule has 3 rings (SSSR count). The van der Waals surface area contributed by atoms with Crippen LogP contribution >= 0.6 is 0 Å². The smallest absolute Gasteiger partial charge is 0.335 e. The van der Waals surface area contributed by atoms with Gasteiger partial charge in [-0.1, -0.05) is 24.3 Å². The third kappa shape index (κ3) is 2.75. The lowest BCUT2D eigenvalue weighted by atomic mass is 10.0. The Kier molecular flexibility index (Phi) is 3.60. The highest BCUT2D eigenvalue weighted by Crippen LogP contribution is 2.28. The minimum atomic E-state index is -1.11. The molecule has 0 spiro atoms. The lowest BCUT2D eigenvalue weighted by molar-refractivity contribution is 0.0696. The summed E-state index contributed by atoms with van der Waals surface area (Å²) in [5.41, 5.74) is 2.93. The van der Waals surface area contributed by atoms with Crippen LogP contribution in [0.1, 0.15) is 27.9 Å². The van der Waals surface area contributed by atoms with Crippen LogP contribution in [-0.2, 0) is 13.0 Å². The van der Waals surface area contributed by atoms with E-state index in [1.54, 1.807) is 6.07 Å². The number of halogens is 1. The van der Waals surface area contributed by atoms with Gasteiger partial charge >= 0.3 is 5.97 Å². The first kappa shape index (κ1) is 13.6. The Bertz CT molecular complexity index is 684. The zero-order valence-corrected chi connectivity index (χ0v) is 11.6. The molecule has 1 N–H and O–H groups in total. The van der Waals surface area contributed by atoms with Crippen molar-refractivity contribution in [3.05, 3.63) is 65.0 Å². The summed E-state index contributed by atoms with van der Waals surface area (Å²) in [6, 6.07) is 12.3. The van der Waals surface area contributed by atoms with E-state index >= 15 is 0 Å². The zero-order chi connectivity index (χ0) is 14.8. The topological polar surface area (TPSA) is 40.5 Å². The molecule has 0 radical (unpaired) electrons. The van der Waals surface area contributed by atoms with Crippen molar-refractivity contribution >= 4 is 11.7 Å². The number of aryl methyl sites for hydroxylation is 1. The monoisotopic (exact) mass is 285 g/mol. The van der Waals surface area contributed by atoms with Gasteiger partial charge < -0.3 is 10.0 Å². The van der Waals surface area contributed by atoms with Gasteiger partial charge in [-0.2, -0.15) is 0 Å². The maximum Gasteiger partial charge on any atom is 0.335 e. The first-order chi connectivity index (χ1) is 10.1. The number of carboxylic acid groups (broad SMARTS) is 1. The number of carboxylic acids is 1. The maximum atomic E-state index is 14.1. The number of fused-ring (bicyclic) bond motifs is 1. The van der Waals surface area contributed by atoms with Gasteiger partial charge in [-0.05, 0) is 36.6 Å². The summed E-state index contributed by atoms with van der Waals surface area (Å²) < 4.78 is 14.1. The van der Waals surface area contributed by atoms with E-state index in [4.69, 9.17) is 5.11 Å². The summed E-state index contributed by atoms with van der Waals surface area (Å²) in [7, 11) is 0. The molecule has 4 heteroatoms. The van der Waals surface area contributed by atoms with Gasteiger partial charge in [0.25, 0.3) is 0 Å². The Balaban J connectivity index is 1.86. The van der Waals surface area contributed by atoms with Gasteiger partial charge in [-0.3, -0.25) is 0 Å².